The predicted octanol–water partition coefficient (Wildman–Crippen LogP) is 6.14. The van der Waals surface area contributed by atoms with Crippen molar-refractivity contribution in [1.82, 2.24) is 4.90 Å². The summed E-state index contributed by atoms with van der Waals surface area (Å²) in [5.74, 6) is -5.21. The monoisotopic (exact) mass is 676 g/mol. The highest BCUT2D eigenvalue weighted by atomic mass is 19.4. The van der Waals surface area contributed by atoms with Crippen molar-refractivity contribution in [2.75, 3.05) is 17.3 Å². The number of nitrogens with two attached hydrogens (primary N) is 1. The molecule has 4 rings (SSSR count). The summed E-state index contributed by atoms with van der Waals surface area (Å²) >= 11 is 0. The number of rotatable bonds is 8. The average Bonchev–Trinajstić information content (AvgIpc) is 3.15. The maximum Gasteiger partial charge on any atom is 0.419 e. The van der Waals surface area contributed by atoms with Gasteiger partial charge in [-0.3, -0.25) is 4.79 Å². The molecular formula is C33H33F5N4O6. The molecule has 0 aromatic heterocycles. The second-order valence-electron chi connectivity index (χ2n) is 12.5. The zero-order valence-corrected chi connectivity index (χ0v) is 26.8. The fourth-order valence-electron chi connectivity index (χ4n) is 4.98. The second-order valence-corrected chi connectivity index (χ2v) is 12.5. The first kappa shape index (κ1) is 35.8. The molecule has 15 heteroatoms. The minimum absolute atomic E-state index is 0.0334. The summed E-state index contributed by atoms with van der Waals surface area (Å²) in [7, 11) is 1.06. The Kier molecular flexibility index (Phi) is 9.34. The van der Waals surface area contributed by atoms with Crippen molar-refractivity contribution in [3.63, 3.8) is 0 Å². The number of hydrogen-bond donors (Lipinski definition) is 2. The Labute approximate surface area is 272 Å². The molecule has 1 aliphatic rings. The highest BCUT2D eigenvalue weighted by Crippen LogP contribution is 2.39. The van der Waals surface area contributed by atoms with Crippen LogP contribution >= 0.6 is 0 Å². The average molecular weight is 677 g/mol. The van der Waals surface area contributed by atoms with E-state index in [1.807, 2.05) is 0 Å². The molecule has 256 valence electrons. The molecule has 0 spiro atoms. The van der Waals surface area contributed by atoms with Crippen molar-refractivity contribution in [3.05, 3.63) is 89.0 Å². The first-order chi connectivity index (χ1) is 22.1. The van der Waals surface area contributed by atoms with Crippen LogP contribution in [0, 0.1) is 11.6 Å². The summed E-state index contributed by atoms with van der Waals surface area (Å²) in [6, 6.07) is 10.0. The molecule has 10 nitrogen and oxygen atoms in total. The van der Waals surface area contributed by atoms with Crippen molar-refractivity contribution < 1.29 is 50.6 Å². The van der Waals surface area contributed by atoms with E-state index < -0.39 is 69.6 Å². The topological polar surface area (TPSA) is 131 Å². The van der Waals surface area contributed by atoms with Crippen LogP contribution in [0.1, 0.15) is 51.3 Å². The lowest BCUT2D eigenvalue weighted by atomic mass is 9.90. The van der Waals surface area contributed by atoms with Gasteiger partial charge in [-0.15, -0.1) is 0 Å². The lowest BCUT2D eigenvalue weighted by Gasteiger charge is -2.29. The van der Waals surface area contributed by atoms with Crippen LogP contribution in [0.25, 0.3) is 0 Å². The van der Waals surface area contributed by atoms with Gasteiger partial charge in [0.05, 0.1) is 24.9 Å². The van der Waals surface area contributed by atoms with Crippen molar-refractivity contribution in [2.45, 2.75) is 64.0 Å². The number of halogens is 5. The summed E-state index contributed by atoms with van der Waals surface area (Å²) in [5.41, 5.74) is 0.0997. The van der Waals surface area contributed by atoms with Gasteiger partial charge in [-0.25, -0.2) is 28.1 Å². The van der Waals surface area contributed by atoms with Gasteiger partial charge in [0.1, 0.15) is 22.8 Å². The van der Waals surface area contributed by atoms with Gasteiger partial charge in [0.2, 0.25) is 5.54 Å². The summed E-state index contributed by atoms with van der Waals surface area (Å²) in [6.07, 6.45) is -5.07. The molecule has 3 aromatic carbocycles. The molecule has 0 bridgehead atoms. The molecule has 1 saturated heterocycles. The van der Waals surface area contributed by atoms with Gasteiger partial charge in [-0.1, -0.05) is 18.2 Å². The number of anilines is 3. The first-order valence-electron chi connectivity index (χ1n) is 14.4. The van der Waals surface area contributed by atoms with Gasteiger partial charge in [0.25, 0.3) is 5.91 Å². The lowest BCUT2D eigenvalue weighted by molar-refractivity contribution is -0.171. The number of benzene rings is 3. The Hall–Kier alpha value is -5.05. The number of amides is 3. The highest BCUT2D eigenvalue weighted by Gasteiger charge is 2.52. The Morgan fingerprint density at radius 1 is 0.917 bits per heavy atom. The summed E-state index contributed by atoms with van der Waals surface area (Å²) in [4.78, 5) is 54.1. The maximum absolute atomic E-state index is 14.5. The number of nitrogens with one attached hydrogen (secondary N) is 1. The fraction of sp³-hybridized carbons (Fsp3) is 0.333. The molecule has 0 saturated carbocycles. The van der Waals surface area contributed by atoms with Crippen LogP contribution in [0.4, 0.5) is 43.8 Å². The number of carbonyl (C=O) groups excluding carboxylic acids is 4. The van der Waals surface area contributed by atoms with Gasteiger partial charge in [0, 0.05) is 11.4 Å². The molecule has 48 heavy (non-hydrogen) atoms. The van der Waals surface area contributed by atoms with Crippen molar-refractivity contribution in [1.29, 1.82) is 0 Å². The molecule has 1 atom stereocenters. The third-order valence-corrected chi connectivity index (χ3v) is 7.58. The molecule has 0 aliphatic carbocycles. The number of urea groups is 1. The molecule has 3 aromatic rings. The molecule has 1 aliphatic heterocycles. The van der Waals surface area contributed by atoms with Crippen molar-refractivity contribution in [3.8, 4) is 0 Å². The Bertz CT molecular complexity index is 1770. The Morgan fingerprint density at radius 3 is 2.10 bits per heavy atom. The van der Waals surface area contributed by atoms with Gasteiger partial charge in [-0.05, 0) is 88.2 Å². The molecule has 1 unspecified atom stereocenters. The molecule has 3 N–H and O–H groups in total. The zero-order chi connectivity index (χ0) is 36.0. The third-order valence-electron chi connectivity index (χ3n) is 7.58. The number of ether oxygens (including phenoxy) is 2. The Balaban J connectivity index is 1.64. The van der Waals surface area contributed by atoms with E-state index in [2.05, 4.69) is 5.32 Å². The fourth-order valence-corrected chi connectivity index (χ4v) is 4.98. The minimum Gasteiger partial charge on any atom is -0.467 e. The number of methoxy groups -OCH3 is 1. The van der Waals surface area contributed by atoms with E-state index in [1.54, 1.807) is 20.8 Å². The largest absolute Gasteiger partial charge is 0.467 e. The molecule has 1 heterocycles. The van der Waals surface area contributed by atoms with E-state index >= 15 is 0 Å². The maximum atomic E-state index is 14.5. The SMILES string of the molecule is COC(=O)C(N)(C(=O)OC(C)(C)C)c1ccc(Nc2cc(F)ccc2CN2C(=O)N(c3ccc(F)c(C(F)(F)F)c3)C(=O)C2(C)C)cc1. The minimum atomic E-state index is -5.07. The highest BCUT2D eigenvalue weighted by molar-refractivity contribution is 6.23. The number of alkyl halides is 3. The quantitative estimate of drug-likeness (QED) is 0.126. The van der Waals surface area contributed by atoms with Crippen LogP contribution < -0.4 is 16.0 Å². The van der Waals surface area contributed by atoms with E-state index in [4.69, 9.17) is 15.2 Å². The van der Waals surface area contributed by atoms with Gasteiger partial charge in [0.15, 0.2) is 0 Å². The van der Waals surface area contributed by atoms with Crippen LogP contribution in [0.2, 0.25) is 0 Å². The van der Waals surface area contributed by atoms with Crippen LogP contribution in [-0.2, 0) is 42.1 Å². The first-order valence-corrected chi connectivity index (χ1v) is 14.4. The third kappa shape index (κ3) is 6.81. The van der Waals surface area contributed by atoms with Crippen LogP contribution in [-0.4, -0.2) is 47.0 Å². The molecule has 0 radical (unpaired) electrons. The van der Waals surface area contributed by atoms with E-state index in [0.29, 0.717) is 28.3 Å². The number of imide groups is 1. The molecule has 1 fully saturated rings. The smallest absolute Gasteiger partial charge is 0.419 e. The molecular weight excluding hydrogens is 643 g/mol. The van der Waals surface area contributed by atoms with E-state index in [0.717, 1.165) is 30.2 Å². The van der Waals surface area contributed by atoms with Crippen LogP contribution in [0.3, 0.4) is 0 Å². The van der Waals surface area contributed by atoms with Crippen molar-refractivity contribution in [2.24, 2.45) is 5.73 Å². The number of carbonyl (C=O) groups is 4. The van der Waals surface area contributed by atoms with E-state index in [9.17, 15) is 41.1 Å². The van der Waals surface area contributed by atoms with E-state index in [-0.39, 0.29) is 17.8 Å². The van der Waals surface area contributed by atoms with Crippen LogP contribution in [0.15, 0.2) is 60.7 Å². The molecule has 3 amide bonds. The standard InChI is InChI=1S/C33H33F5N4O6/c1-30(2,3)48-28(45)32(39,27(44)47-6)19-8-11-21(12-9-19)40-25-15-20(34)10-7-18(25)17-41-29(46)42(26(43)31(41,4)5)22-13-14-24(35)23(16-22)33(36,37)38/h7-16,40H,17,39H2,1-6H3. The van der Waals surface area contributed by atoms with E-state index in [1.165, 1.54) is 44.2 Å². The lowest BCUT2D eigenvalue weighted by Crippen LogP contribution is -2.54. The van der Waals surface area contributed by atoms with Gasteiger partial charge >= 0.3 is 24.1 Å². The number of esters is 2. The van der Waals surface area contributed by atoms with Gasteiger partial charge in [-0.2, -0.15) is 13.2 Å². The van der Waals surface area contributed by atoms with Crippen LogP contribution in [0.5, 0.6) is 0 Å². The normalized spacial score (nSPS) is 16.1. The Morgan fingerprint density at radius 2 is 1.54 bits per heavy atom. The summed E-state index contributed by atoms with van der Waals surface area (Å²) in [5, 5.41) is 2.99. The number of nitrogens with zero attached hydrogens (tertiary/aromatic N) is 2. The van der Waals surface area contributed by atoms with Crippen molar-refractivity contribution >= 4 is 40.9 Å². The summed E-state index contributed by atoms with van der Waals surface area (Å²) in [6.45, 7) is 7.29. The summed E-state index contributed by atoms with van der Waals surface area (Å²) < 4.78 is 78.7. The number of hydrogen-bond acceptors (Lipinski definition) is 8. The van der Waals surface area contributed by atoms with Gasteiger partial charge < -0.3 is 25.4 Å². The predicted molar refractivity (Wildman–Crippen MR) is 164 cm³/mol. The second kappa shape index (κ2) is 12.5. The zero-order valence-electron chi connectivity index (χ0n) is 26.8.